The highest BCUT2D eigenvalue weighted by Gasteiger charge is 2.29. The lowest BCUT2D eigenvalue weighted by molar-refractivity contribution is -0.137. The molecule has 0 aliphatic heterocycles. The number of ether oxygens (including phenoxy) is 1. The van der Waals surface area contributed by atoms with E-state index >= 15 is 0 Å². The van der Waals surface area contributed by atoms with Crippen molar-refractivity contribution in [2.45, 2.75) is 19.3 Å². The van der Waals surface area contributed by atoms with Gasteiger partial charge in [-0.15, -0.1) is 0 Å². The van der Waals surface area contributed by atoms with E-state index in [1.54, 1.807) is 35.4 Å². The second-order valence-electron chi connectivity index (χ2n) is 5.47. The zero-order valence-corrected chi connectivity index (χ0v) is 13.0. The van der Waals surface area contributed by atoms with Gasteiger partial charge in [0.25, 0.3) is 0 Å². The van der Waals surface area contributed by atoms with Crippen LogP contribution in [-0.2, 0) is 19.3 Å². The lowest BCUT2D eigenvalue weighted by atomic mass is 10.1. The van der Waals surface area contributed by atoms with E-state index in [1.165, 1.54) is 18.2 Å². The Morgan fingerprint density at radius 1 is 1.04 bits per heavy atom. The molecular weight excluding hydrogens is 336 g/mol. The van der Waals surface area contributed by atoms with Crippen molar-refractivity contribution in [3.8, 4) is 5.75 Å². The Labute approximate surface area is 141 Å². The maximum absolute atomic E-state index is 14.1. The summed E-state index contributed by atoms with van der Waals surface area (Å²) in [5.41, 5.74) is 0.335. The first-order valence-corrected chi connectivity index (χ1v) is 7.45. The van der Waals surface area contributed by atoms with Crippen LogP contribution in [0.25, 0.3) is 0 Å². The Hall–Kier alpha value is -2.83. The summed E-state index contributed by atoms with van der Waals surface area (Å²) in [6.45, 7) is 0.406. The zero-order chi connectivity index (χ0) is 17.9. The molecule has 1 heterocycles. The summed E-state index contributed by atoms with van der Waals surface area (Å²) in [5, 5.41) is 0. The molecule has 2 aromatic carbocycles. The highest BCUT2D eigenvalue weighted by atomic mass is 19.4. The van der Waals surface area contributed by atoms with Gasteiger partial charge in [0.2, 0.25) is 0 Å². The number of imidazole rings is 1. The van der Waals surface area contributed by atoms with Crippen molar-refractivity contribution in [1.29, 1.82) is 0 Å². The molecule has 3 aromatic rings. The van der Waals surface area contributed by atoms with Gasteiger partial charge in [0.15, 0.2) is 0 Å². The van der Waals surface area contributed by atoms with E-state index in [9.17, 15) is 17.6 Å². The molecule has 0 N–H and O–H groups in total. The molecule has 0 bridgehead atoms. The SMILES string of the molecule is Fc1cc(OCc2ccc(C(F)(F)F)cc2)ccc1Cn1ccnc1. The van der Waals surface area contributed by atoms with E-state index in [1.807, 2.05) is 0 Å². The number of hydrogen-bond donors (Lipinski definition) is 0. The van der Waals surface area contributed by atoms with Gasteiger partial charge in [-0.25, -0.2) is 9.37 Å². The summed E-state index contributed by atoms with van der Waals surface area (Å²) < 4.78 is 58.8. The largest absolute Gasteiger partial charge is 0.489 e. The van der Waals surface area contributed by atoms with E-state index in [4.69, 9.17) is 4.74 Å². The number of nitrogens with zero attached hydrogens (tertiary/aromatic N) is 2. The minimum atomic E-state index is -4.37. The van der Waals surface area contributed by atoms with E-state index < -0.39 is 17.6 Å². The fourth-order valence-corrected chi connectivity index (χ4v) is 2.28. The Balaban J connectivity index is 1.62. The van der Waals surface area contributed by atoms with Crippen LogP contribution in [-0.4, -0.2) is 9.55 Å². The van der Waals surface area contributed by atoms with Gasteiger partial charge in [0.1, 0.15) is 18.2 Å². The quantitative estimate of drug-likeness (QED) is 0.626. The van der Waals surface area contributed by atoms with Crippen LogP contribution in [0.3, 0.4) is 0 Å². The van der Waals surface area contributed by atoms with Crippen molar-refractivity contribution in [1.82, 2.24) is 9.55 Å². The predicted octanol–water partition coefficient (Wildman–Crippen LogP) is 4.67. The summed E-state index contributed by atoms with van der Waals surface area (Å²) in [5.74, 6) is -0.106. The number of hydrogen-bond acceptors (Lipinski definition) is 2. The first-order chi connectivity index (χ1) is 11.9. The molecule has 0 saturated heterocycles. The predicted molar refractivity (Wildman–Crippen MR) is 83.5 cm³/mol. The third kappa shape index (κ3) is 4.37. The van der Waals surface area contributed by atoms with Crippen molar-refractivity contribution in [2.75, 3.05) is 0 Å². The van der Waals surface area contributed by atoms with Gasteiger partial charge in [0, 0.05) is 24.0 Å². The molecule has 0 amide bonds. The molecule has 7 heteroatoms. The molecule has 0 saturated carbocycles. The number of aromatic nitrogens is 2. The number of rotatable bonds is 5. The molecule has 0 aliphatic rings. The molecule has 0 unspecified atom stereocenters. The van der Waals surface area contributed by atoms with Crippen molar-refractivity contribution in [3.63, 3.8) is 0 Å². The van der Waals surface area contributed by atoms with Gasteiger partial charge in [-0.05, 0) is 23.8 Å². The molecule has 130 valence electrons. The summed E-state index contributed by atoms with van der Waals surface area (Å²) in [4.78, 5) is 3.90. The fourth-order valence-electron chi connectivity index (χ4n) is 2.28. The van der Waals surface area contributed by atoms with Gasteiger partial charge < -0.3 is 9.30 Å². The third-order valence-electron chi connectivity index (χ3n) is 3.62. The van der Waals surface area contributed by atoms with Crippen molar-refractivity contribution in [3.05, 3.63) is 83.7 Å². The fraction of sp³-hybridized carbons (Fsp3) is 0.167. The Bertz CT molecular complexity index is 827. The molecule has 25 heavy (non-hydrogen) atoms. The lowest BCUT2D eigenvalue weighted by Gasteiger charge is -2.10. The van der Waals surface area contributed by atoms with Gasteiger partial charge >= 0.3 is 6.18 Å². The molecule has 0 fully saturated rings. The summed E-state index contributed by atoms with van der Waals surface area (Å²) in [6.07, 6.45) is 0.565. The van der Waals surface area contributed by atoms with Crippen LogP contribution in [0.4, 0.5) is 17.6 Å². The second-order valence-corrected chi connectivity index (χ2v) is 5.47. The number of halogens is 4. The van der Waals surface area contributed by atoms with Gasteiger partial charge in [-0.3, -0.25) is 0 Å². The van der Waals surface area contributed by atoms with Crippen LogP contribution in [0, 0.1) is 5.82 Å². The molecule has 3 nitrogen and oxygen atoms in total. The van der Waals surface area contributed by atoms with E-state index in [2.05, 4.69) is 4.98 Å². The first kappa shape index (κ1) is 17.0. The topological polar surface area (TPSA) is 27.1 Å². The summed E-state index contributed by atoms with van der Waals surface area (Å²) in [6, 6.07) is 9.16. The molecule has 0 radical (unpaired) electrons. The Morgan fingerprint density at radius 3 is 2.40 bits per heavy atom. The zero-order valence-electron chi connectivity index (χ0n) is 13.0. The van der Waals surface area contributed by atoms with Crippen molar-refractivity contribution < 1.29 is 22.3 Å². The minimum absolute atomic E-state index is 0.0540. The van der Waals surface area contributed by atoms with Gasteiger partial charge in [0.05, 0.1) is 18.4 Å². The van der Waals surface area contributed by atoms with Crippen LogP contribution in [0.1, 0.15) is 16.7 Å². The third-order valence-corrected chi connectivity index (χ3v) is 3.62. The monoisotopic (exact) mass is 350 g/mol. The van der Waals surface area contributed by atoms with Gasteiger partial charge in [-0.1, -0.05) is 18.2 Å². The molecule has 1 aromatic heterocycles. The van der Waals surface area contributed by atoms with Crippen LogP contribution in [0.2, 0.25) is 0 Å². The Kier molecular flexibility index (Phi) is 4.74. The normalized spacial score (nSPS) is 11.5. The van der Waals surface area contributed by atoms with Crippen LogP contribution < -0.4 is 4.74 Å². The smallest absolute Gasteiger partial charge is 0.416 e. The highest BCUT2D eigenvalue weighted by Crippen LogP contribution is 2.29. The maximum atomic E-state index is 14.1. The highest BCUT2D eigenvalue weighted by molar-refractivity contribution is 5.30. The summed E-state index contributed by atoms with van der Waals surface area (Å²) >= 11 is 0. The van der Waals surface area contributed by atoms with Crippen LogP contribution in [0.15, 0.2) is 61.2 Å². The average molecular weight is 350 g/mol. The van der Waals surface area contributed by atoms with Crippen molar-refractivity contribution >= 4 is 0 Å². The second kappa shape index (κ2) is 6.96. The summed E-state index contributed by atoms with van der Waals surface area (Å²) in [7, 11) is 0. The first-order valence-electron chi connectivity index (χ1n) is 7.45. The average Bonchev–Trinajstić information content (AvgIpc) is 3.08. The molecule has 0 spiro atoms. The molecule has 3 rings (SSSR count). The minimum Gasteiger partial charge on any atom is -0.489 e. The van der Waals surface area contributed by atoms with E-state index in [-0.39, 0.29) is 6.61 Å². The van der Waals surface area contributed by atoms with Gasteiger partial charge in [-0.2, -0.15) is 13.2 Å². The number of alkyl halides is 3. The Morgan fingerprint density at radius 2 is 1.80 bits per heavy atom. The number of benzene rings is 2. The molecular formula is C18H14F4N2O. The molecule has 0 atom stereocenters. The van der Waals surface area contributed by atoms with Crippen molar-refractivity contribution in [2.24, 2.45) is 0 Å². The van der Waals surface area contributed by atoms with E-state index in [0.717, 1.165) is 12.1 Å². The standard InChI is InChI=1S/C18H14F4N2O/c19-17-9-16(6-3-14(17)10-24-8-7-23-12-24)25-11-13-1-4-15(5-2-13)18(20,21)22/h1-9,12H,10-11H2. The van der Waals surface area contributed by atoms with E-state index in [0.29, 0.717) is 23.4 Å². The van der Waals surface area contributed by atoms with Crippen LogP contribution >= 0.6 is 0 Å². The maximum Gasteiger partial charge on any atom is 0.416 e. The molecule has 0 aliphatic carbocycles. The van der Waals surface area contributed by atoms with Crippen LogP contribution in [0.5, 0.6) is 5.75 Å². The lowest BCUT2D eigenvalue weighted by Crippen LogP contribution is -2.05.